The summed E-state index contributed by atoms with van der Waals surface area (Å²) in [5.41, 5.74) is 3.78. The van der Waals surface area contributed by atoms with Crippen LogP contribution in [-0.2, 0) is 27.2 Å². The Labute approximate surface area is 212 Å². The van der Waals surface area contributed by atoms with Crippen molar-refractivity contribution in [2.75, 3.05) is 13.2 Å². The highest BCUT2D eigenvalue weighted by molar-refractivity contribution is 7.16. The molecule has 0 N–H and O–H groups in total. The van der Waals surface area contributed by atoms with Gasteiger partial charge >= 0.3 is 11.9 Å². The normalized spacial score (nSPS) is 11.4. The summed E-state index contributed by atoms with van der Waals surface area (Å²) in [6.07, 6.45) is 0.769. The Morgan fingerprint density at radius 2 is 1.50 bits per heavy atom. The third kappa shape index (κ3) is 5.95. The number of carbonyl (C=O) groups is 3. The Hall–Kier alpha value is -4.04. The van der Waals surface area contributed by atoms with Crippen molar-refractivity contribution in [1.29, 1.82) is 0 Å². The first-order valence-electron chi connectivity index (χ1n) is 11.7. The van der Waals surface area contributed by atoms with E-state index >= 15 is 0 Å². The monoisotopic (exact) mass is 502 g/mol. The second-order valence-electron chi connectivity index (χ2n) is 7.96. The van der Waals surface area contributed by atoms with Gasteiger partial charge in [-0.05, 0) is 61.7 Å². The fourth-order valence-corrected chi connectivity index (χ4v) is 4.80. The minimum atomic E-state index is -0.439. The second-order valence-corrected chi connectivity index (χ2v) is 8.96. The molecule has 0 unspecified atom stereocenters. The number of hydrogen-bond donors (Lipinski definition) is 0. The first-order valence-corrected chi connectivity index (χ1v) is 12.5. The number of rotatable bonds is 8. The van der Waals surface area contributed by atoms with Crippen LogP contribution in [0.1, 0.15) is 45.7 Å². The molecule has 0 saturated heterocycles. The molecule has 4 aromatic rings. The van der Waals surface area contributed by atoms with Gasteiger partial charge in [-0.2, -0.15) is 4.99 Å². The summed E-state index contributed by atoms with van der Waals surface area (Å²) in [4.78, 5) is 42.1. The van der Waals surface area contributed by atoms with Gasteiger partial charge in [0.25, 0.3) is 5.91 Å². The van der Waals surface area contributed by atoms with Crippen molar-refractivity contribution in [2.24, 2.45) is 4.99 Å². The Bertz CT molecular complexity index is 1450. The van der Waals surface area contributed by atoms with E-state index in [1.807, 2.05) is 30.3 Å². The average Bonchev–Trinajstić information content (AvgIpc) is 3.21. The van der Waals surface area contributed by atoms with Crippen molar-refractivity contribution in [2.45, 2.75) is 26.8 Å². The minimum Gasteiger partial charge on any atom is -0.465 e. The van der Waals surface area contributed by atoms with Gasteiger partial charge in [-0.15, -0.1) is 0 Å². The van der Waals surface area contributed by atoms with Crippen LogP contribution >= 0.6 is 11.3 Å². The van der Waals surface area contributed by atoms with Gasteiger partial charge in [0.15, 0.2) is 4.80 Å². The average molecular weight is 503 g/mol. The van der Waals surface area contributed by atoms with Crippen LogP contribution in [0.4, 0.5) is 0 Å². The molecule has 0 fully saturated rings. The third-order valence-electron chi connectivity index (χ3n) is 5.44. The molecule has 0 aliphatic rings. The Kier molecular flexibility index (Phi) is 8.07. The highest BCUT2D eigenvalue weighted by Gasteiger charge is 2.15. The maximum Gasteiger partial charge on any atom is 0.338 e. The summed E-state index contributed by atoms with van der Waals surface area (Å²) in [6.45, 7) is 3.88. The molecule has 1 aromatic heterocycles. The summed E-state index contributed by atoms with van der Waals surface area (Å²) in [7, 11) is 0. The lowest BCUT2D eigenvalue weighted by atomic mass is 10.0. The Morgan fingerprint density at radius 1 is 0.833 bits per heavy atom. The number of carbonyl (C=O) groups excluding carboxylic acids is 3. The highest BCUT2D eigenvalue weighted by atomic mass is 32.1. The predicted octanol–water partition coefficient (Wildman–Crippen LogP) is 4.77. The Balaban J connectivity index is 1.67. The van der Waals surface area contributed by atoms with Crippen molar-refractivity contribution in [3.05, 3.63) is 99.9 Å². The van der Waals surface area contributed by atoms with E-state index < -0.39 is 17.8 Å². The maximum absolute atomic E-state index is 13.0. The number of nitrogens with zero attached hydrogens (tertiary/aromatic N) is 2. The zero-order valence-electron chi connectivity index (χ0n) is 20.1. The van der Waals surface area contributed by atoms with Crippen LogP contribution in [0.25, 0.3) is 10.2 Å². The zero-order chi connectivity index (χ0) is 25.5. The van der Waals surface area contributed by atoms with Crippen molar-refractivity contribution >= 4 is 39.4 Å². The van der Waals surface area contributed by atoms with Gasteiger partial charge in [0, 0.05) is 5.56 Å². The SMILES string of the molecule is CCOC(=O)Cn1c(=NC(=O)c2ccc(Cc3ccccc3)cc2)sc2cc(C(=O)OCC)ccc21. The van der Waals surface area contributed by atoms with Crippen LogP contribution in [0.15, 0.2) is 77.8 Å². The molecule has 0 saturated carbocycles. The van der Waals surface area contributed by atoms with Crippen LogP contribution in [0, 0.1) is 0 Å². The van der Waals surface area contributed by atoms with E-state index in [4.69, 9.17) is 9.47 Å². The van der Waals surface area contributed by atoms with E-state index in [1.165, 1.54) is 16.9 Å². The molecular weight excluding hydrogens is 476 g/mol. The molecule has 36 heavy (non-hydrogen) atoms. The quantitative estimate of drug-likeness (QED) is 0.324. The van der Waals surface area contributed by atoms with Gasteiger partial charge < -0.3 is 14.0 Å². The van der Waals surface area contributed by atoms with E-state index in [0.717, 1.165) is 12.0 Å². The fraction of sp³-hybridized carbons (Fsp3) is 0.214. The number of aromatic nitrogens is 1. The van der Waals surface area contributed by atoms with Gasteiger partial charge in [-0.25, -0.2) is 4.79 Å². The second kappa shape index (κ2) is 11.6. The van der Waals surface area contributed by atoms with Crippen molar-refractivity contribution < 1.29 is 23.9 Å². The molecule has 1 amide bonds. The van der Waals surface area contributed by atoms with E-state index in [0.29, 0.717) is 26.1 Å². The molecule has 0 atom stereocenters. The van der Waals surface area contributed by atoms with Gasteiger partial charge in [-0.1, -0.05) is 53.8 Å². The topological polar surface area (TPSA) is 87.0 Å². The predicted molar refractivity (Wildman–Crippen MR) is 138 cm³/mol. The largest absolute Gasteiger partial charge is 0.465 e. The molecule has 1 heterocycles. The lowest BCUT2D eigenvalue weighted by Gasteiger charge is -2.06. The molecule has 184 valence electrons. The van der Waals surface area contributed by atoms with E-state index in [9.17, 15) is 14.4 Å². The number of fused-ring (bicyclic) bond motifs is 1. The first-order chi connectivity index (χ1) is 17.5. The number of hydrogen-bond acceptors (Lipinski definition) is 6. The number of amides is 1. The van der Waals surface area contributed by atoms with Gasteiger partial charge in [0.05, 0.1) is 29.0 Å². The van der Waals surface area contributed by atoms with Crippen LogP contribution in [0.3, 0.4) is 0 Å². The van der Waals surface area contributed by atoms with Crippen LogP contribution in [-0.4, -0.2) is 35.6 Å². The van der Waals surface area contributed by atoms with Crippen LogP contribution < -0.4 is 4.80 Å². The zero-order valence-corrected chi connectivity index (χ0v) is 20.9. The molecule has 8 heteroatoms. The number of ether oxygens (including phenoxy) is 2. The smallest absolute Gasteiger partial charge is 0.338 e. The molecule has 4 rings (SSSR count). The van der Waals surface area contributed by atoms with Crippen molar-refractivity contribution in [1.82, 2.24) is 4.57 Å². The van der Waals surface area contributed by atoms with Crippen LogP contribution in [0.5, 0.6) is 0 Å². The van der Waals surface area contributed by atoms with Gasteiger partial charge in [0.1, 0.15) is 6.54 Å². The summed E-state index contributed by atoms with van der Waals surface area (Å²) >= 11 is 1.22. The fourth-order valence-electron chi connectivity index (χ4n) is 3.74. The molecule has 0 aliphatic carbocycles. The van der Waals surface area contributed by atoms with Gasteiger partial charge in [-0.3, -0.25) is 9.59 Å². The summed E-state index contributed by atoms with van der Waals surface area (Å²) in [6, 6.07) is 22.5. The lowest BCUT2D eigenvalue weighted by molar-refractivity contribution is -0.143. The number of esters is 2. The third-order valence-corrected chi connectivity index (χ3v) is 6.48. The summed E-state index contributed by atoms with van der Waals surface area (Å²) in [5, 5.41) is 0. The van der Waals surface area contributed by atoms with E-state index in [2.05, 4.69) is 17.1 Å². The highest BCUT2D eigenvalue weighted by Crippen LogP contribution is 2.20. The van der Waals surface area contributed by atoms with E-state index in [-0.39, 0.29) is 19.8 Å². The summed E-state index contributed by atoms with van der Waals surface area (Å²) < 4.78 is 12.5. The molecule has 0 spiro atoms. The first kappa shape index (κ1) is 25.1. The molecule has 0 radical (unpaired) electrons. The minimum absolute atomic E-state index is 0.102. The number of thiazole rings is 1. The standard InChI is InChI=1S/C28H26N2O5S/c1-3-34-25(31)18-30-23-15-14-22(27(33)35-4-2)17-24(23)36-28(30)29-26(32)21-12-10-20(11-13-21)16-19-8-6-5-7-9-19/h5-15,17H,3-4,16,18H2,1-2H3. The van der Waals surface area contributed by atoms with Crippen molar-refractivity contribution in [3.8, 4) is 0 Å². The Morgan fingerprint density at radius 3 is 2.19 bits per heavy atom. The summed E-state index contributed by atoms with van der Waals surface area (Å²) in [5.74, 6) is -1.29. The maximum atomic E-state index is 13.0. The number of benzene rings is 3. The van der Waals surface area contributed by atoms with E-state index in [1.54, 1.807) is 48.7 Å². The van der Waals surface area contributed by atoms with Crippen LogP contribution in [0.2, 0.25) is 0 Å². The van der Waals surface area contributed by atoms with Gasteiger partial charge in [0.2, 0.25) is 0 Å². The van der Waals surface area contributed by atoms with Crippen molar-refractivity contribution in [3.63, 3.8) is 0 Å². The molecule has 0 aliphatic heterocycles. The molecule has 0 bridgehead atoms. The lowest BCUT2D eigenvalue weighted by Crippen LogP contribution is -2.23. The molecular formula is C28H26N2O5S. The molecule has 3 aromatic carbocycles. The molecule has 7 nitrogen and oxygen atoms in total.